The van der Waals surface area contributed by atoms with E-state index in [0.717, 1.165) is 5.08 Å². The monoisotopic (exact) mass is 171 g/mol. The fraction of sp³-hybridized carbons (Fsp3) is 1.00. The number of rotatable bonds is 0. The molecule has 0 atom stereocenters. The van der Waals surface area contributed by atoms with Crippen LogP contribution < -0.4 is 4.72 Å². The predicted molar refractivity (Wildman–Crippen MR) is 43.9 cm³/mol. The van der Waals surface area contributed by atoms with Crippen LogP contribution >= 0.6 is 49.0 Å². The standard InChI is InChI=1S/C2H5NS4/c4-2(5)3-7-1-6-2/h3-5H,1H2. The molecule has 1 aliphatic heterocycles. The molecule has 1 rings (SSSR count). The van der Waals surface area contributed by atoms with Crippen LogP contribution in [0.1, 0.15) is 0 Å². The van der Waals surface area contributed by atoms with E-state index in [2.05, 4.69) is 30.0 Å². The van der Waals surface area contributed by atoms with Crippen LogP contribution in [0, 0.1) is 0 Å². The first kappa shape index (κ1) is 6.48. The van der Waals surface area contributed by atoms with Gasteiger partial charge in [-0.15, -0.1) is 37.0 Å². The second-order valence-electron chi connectivity index (χ2n) is 1.12. The molecule has 1 heterocycles. The van der Waals surface area contributed by atoms with Crippen LogP contribution in [0.2, 0.25) is 0 Å². The fourth-order valence-electron chi connectivity index (χ4n) is 0.265. The van der Waals surface area contributed by atoms with Gasteiger partial charge in [-0.2, -0.15) is 0 Å². The predicted octanol–water partition coefficient (Wildman–Crippen LogP) is 1.40. The highest BCUT2D eigenvalue weighted by atomic mass is 32.3. The van der Waals surface area contributed by atoms with Crippen molar-refractivity contribution in [3.8, 4) is 0 Å². The van der Waals surface area contributed by atoms with Crippen LogP contribution in [0.4, 0.5) is 0 Å². The van der Waals surface area contributed by atoms with Crippen LogP contribution in [0.15, 0.2) is 0 Å². The SMILES string of the molecule is SC1(S)NSCS1. The van der Waals surface area contributed by atoms with Crippen molar-refractivity contribution >= 4 is 49.0 Å². The van der Waals surface area contributed by atoms with E-state index in [9.17, 15) is 0 Å². The molecular weight excluding hydrogens is 166 g/mol. The van der Waals surface area contributed by atoms with Crippen molar-refractivity contribution in [1.29, 1.82) is 0 Å². The third-order valence-corrected chi connectivity index (χ3v) is 3.85. The Labute approximate surface area is 62.3 Å². The van der Waals surface area contributed by atoms with E-state index < -0.39 is 0 Å². The van der Waals surface area contributed by atoms with Gasteiger partial charge < -0.3 is 0 Å². The zero-order chi connectivity index (χ0) is 5.33. The molecule has 1 N–H and O–H groups in total. The molecule has 7 heavy (non-hydrogen) atoms. The van der Waals surface area contributed by atoms with Gasteiger partial charge >= 0.3 is 0 Å². The average molecular weight is 171 g/mol. The van der Waals surface area contributed by atoms with Crippen molar-refractivity contribution in [3.05, 3.63) is 0 Å². The zero-order valence-corrected chi connectivity index (χ0v) is 6.84. The van der Waals surface area contributed by atoms with Crippen molar-refractivity contribution in [1.82, 2.24) is 4.72 Å². The Bertz CT molecular complexity index is 64.1. The van der Waals surface area contributed by atoms with Gasteiger partial charge in [-0.05, 0) is 0 Å². The van der Waals surface area contributed by atoms with Crippen molar-refractivity contribution < 1.29 is 0 Å². The Morgan fingerprint density at radius 3 is 2.43 bits per heavy atom. The van der Waals surface area contributed by atoms with Gasteiger partial charge in [-0.25, -0.2) is 4.72 Å². The number of hydrogen-bond donors (Lipinski definition) is 3. The summed E-state index contributed by atoms with van der Waals surface area (Å²) in [6.45, 7) is 0. The van der Waals surface area contributed by atoms with Crippen molar-refractivity contribution in [2.24, 2.45) is 0 Å². The smallest absolute Gasteiger partial charge is 0.163 e. The van der Waals surface area contributed by atoms with E-state index in [-0.39, 0.29) is 3.54 Å². The van der Waals surface area contributed by atoms with Crippen molar-refractivity contribution in [2.45, 2.75) is 3.54 Å². The Kier molecular flexibility index (Phi) is 2.14. The molecule has 1 aliphatic rings. The third kappa shape index (κ3) is 1.97. The molecule has 0 saturated carbocycles. The van der Waals surface area contributed by atoms with Crippen LogP contribution in [-0.2, 0) is 0 Å². The molecule has 1 nitrogen and oxygen atoms in total. The summed E-state index contributed by atoms with van der Waals surface area (Å²) in [4.78, 5) is 0. The minimum absolute atomic E-state index is 0.287. The average Bonchev–Trinajstić information content (AvgIpc) is 1.84. The maximum atomic E-state index is 4.14. The fourth-order valence-corrected chi connectivity index (χ4v) is 3.33. The minimum Gasteiger partial charge on any atom is -0.230 e. The maximum Gasteiger partial charge on any atom is 0.163 e. The number of nitrogens with one attached hydrogen (secondary N) is 1. The molecule has 1 saturated heterocycles. The van der Waals surface area contributed by atoms with Gasteiger partial charge in [0.1, 0.15) is 0 Å². The van der Waals surface area contributed by atoms with Gasteiger partial charge in [0.05, 0.1) is 5.08 Å². The molecule has 0 aromatic carbocycles. The van der Waals surface area contributed by atoms with Crippen molar-refractivity contribution in [3.63, 3.8) is 0 Å². The van der Waals surface area contributed by atoms with Gasteiger partial charge in [0.2, 0.25) is 0 Å². The number of thiol groups is 2. The quantitative estimate of drug-likeness (QED) is 0.290. The van der Waals surface area contributed by atoms with E-state index in [1.165, 1.54) is 0 Å². The lowest BCUT2D eigenvalue weighted by Crippen LogP contribution is -2.17. The molecular formula is C2H5NS4. The summed E-state index contributed by atoms with van der Waals surface area (Å²) in [5.74, 6) is 0. The highest BCUT2D eigenvalue weighted by molar-refractivity contribution is 8.31. The van der Waals surface area contributed by atoms with Crippen LogP contribution in [0.3, 0.4) is 0 Å². The normalized spacial score (nSPS) is 28.3. The largest absolute Gasteiger partial charge is 0.230 e. The lowest BCUT2D eigenvalue weighted by Gasteiger charge is -2.10. The summed E-state index contributed by atoms with van der Waals surface area (Å²) >= 11 is 11.6. The molecule has 5 heteroatoms. The van der Waals surface area contributed by atoms with E-state index >= 15 is 0 Å². The lowest BCUT2D eigenvalue weighted by atomic mass is 11.5. The van der Waals surface area contributed by atoms with Crippen molar-refractivity contribution in [2.75, 3.05) is 5.08 Å². The first-order valence-electron chi connectivity index (χ1n) is 1.68. The molecule has 0 bridgehead atoms. The van der Waals surface area contributed by atoms with E-state index in [0.29, 0.717) is 0 Å². The summed E-state index contributed by atoms with van der Waals surface area (Å²) in [6.07, 6.45) is 0. The Balaban J connectivity index is 2.40. The molecule has 0 aromatic heterocycles. The summed E-state index contributed by atoms with van der Waals surface area (Å²) in [5.41, 5.74) is 0. The van der Waals surface area contributed by atoms with Gasteiger partial charge in [-0.1, -0.05) is 11.9 Å². The summed E-state index contributed by atoms with van der Waals surface area (Å²) in [6, 6.07) is 0. The highest BCUT2D eigenvalue weighted by Crippen LogP contribution is 2.40. The minimum atomic E-state index is -0.287. The molecule has 42 valence electrons. The summed E-state index contributed by atoms with van der Waals surface area (Å²) < 4.78 is 2.72. The van der Waals surface area contributed by atoms with Crippen LogP contribution in [0.25, 0.3) is 0 Å². The second-order valence-corrected chi connectivity index (χ2v) is 5.75. The molecule has 0 aliphatic carbocycles. The van der Waals surface area contributed by atoms with Gasteiger partial charge in [0.25, 0.3) is 0 Å². The first-order chi connectivity index (χ1) is 3.21. The lowest BCUT2D eigenvalue weighted by molar-refractivity contribution is 1.14. The van der Waals surface area contributed by atoms with Crippen LogP contribution in [0.5, 0.6) is 0 Å². The first-order valence-corrected chi connectivity index (χ1v) is 4.55. The highest BCUT2D eigenvalue weighted by Gasteiger charge is 2.25. The topological polar surface area (TPSA) is 12.0 Å². The van der Waals surface area contributed by atoms with E-state index in [1.807, 2.05) is 0 Å². The molecule has 0 radical (unpaired) electrons. The number of thioether (sulfide) groups is 1. The zero-order valence-electron chi connectivity index (χ0n) is 3.42. The van der Waals surface area contributed by atoms with E-state index in [1.54, 1.807) is 23.7 Å². The Hall–Kier alpha value is 1.36. The number of hydrogen-bond acceptors (Lipinski definition) is 5. The Morgan fingerprint density at radius 1 is 1.57 bits per heavy atom. The van der Waals surface area contributed by atoms with Gasteiger partial charge in [0, 0.05) is 0 Å². The molecule has 0 aromatic rings. The summed E-state index contributed by atoms with van der Waals surface area (Å²) in [7, 11) is 0. The molecule has 0 spiro atoms. The van der Waals surface area contributed by atoms with E-state index in [4.69, 9.17) is 0 Å². The second kappa shape index (κ2) is 2.31. The molecule has 1 fully saturated rings. The Morgan fingerprint density at radius 2 is 2.29 bits per heavy atom. The van der Waals surface area contributed by atoms with Crippen LogP contribution in [-0.4, -0.2) is 8.62 Å². The maximum absolute atomic E-state index is 4.14. The van der Waals surface area contributed by atoms with Gasteiger partial charge in [0.15, 0.2) is 3.54 Å². The molecule has 0 amide bonds. The molecule has 0 unspecified atom stereocenters. The third-order valence-electron chi connectivity index (χ3n) is 0.524. The van der Waals surface area contributed by atoms with Gasteiger partial charge in [-0.3, -0.25) is 0 Å². The summed E-state index contributed by atoms with van der Waals surface area (Å²) in [5, 5.41) is 1.03.